The fourth-order valence-electron chi connectivity index (χ4n) is 1.58. The van der Waals surface area contributed by atoms with Gasteiger partial charge >= 0.3 is 0 Å². The summed E-state index contributed by atoms with van der Waals surface area (Å²) >= 11 is 4.21. The molecule has 1 atom stereocenters. The maximum atomic E-state index is 12.2. The highest BCUT2D eigenvalue weighted by molar-refractivity contribution is 7.89. The van der Waals surface area contributed by atoms with Gasteiger partial charge in [-0.05, 0) is 30.7 Å². The molecule has 0 heterocycles. The monoisotopic (exact) mass is 303 g/mol. The van der Waals surface area contributed by atoms with E-state index in [0.29, 0.717) is 18.9 Å². The van der Waals surface area contributed by atoms with Gasteiger partial charge in [0, 0.05) is 18.8 Å². The molecule has 1 unspecified atom stereocenters. The van der Waals surface area contributed by atoms with E-state index < -0.39 is 10.0 Å². The Bertz CT molecular complexity index is 483. The van der Waals surface area contributed by atoms with Crippen LogP contribution in [0.1, 0.15) is 20.3 Å². The summed E-state index contributed by atoms with van der Waals surface area (Å²) < 4.78 is 31.2. The standard InChI is InChI=1S/C13H21NO3S2/c1-4-9-17-12-5-7-13(8-6-12)19(15,16)14(3)10-11(2)18/h5-8,11,18H,4,9-10H2,1-3H3. The van der Waals surface area contributed by atoms with Crippen LogP contribution in [0.3, 0.4) is 0 Å². The molecule has 6 heteroatoms. The van der Waals surface area contributed by atoms with Crippen molar-refractivity contribution in [3.8, 4) is 5.75 Å². The largest absolute Gasteiger partial charge is 0.494 e. The third kappa shape index (κ3) is 4.71. The quantitative estimate of drug-likeness (QED) is 0.787. The molecule has 4 nitrogen and oxygen atoms in total. The zero-order valence-corrected chi connectivity index (χ0v) is 13.2. The first-order valence-electron chi connectivity index (χ1n) is 6.25. The van der Waals surface area contributed by atoms with Gasteiger partial charge in [-0.3, -0.25) is 0 Å². The van der Waals surface area contributed by atoms with Crippen LogP contribution in [0.5, 0.6) is 5.75 Å². The van der Waals surface area contributed by atoms with E-state index in [4.69, 9.17) is 4.74 Å². The first-order chi connectivity index (χ1) is 8.87. The Labute approximate surface area is 121 Å². The van der Waals surface area contributed by atoms with Gasteiger partial charge in [0.1, 0.15) is 5.75 Å². The summed E-state index contributed by atoms with van der Waals surface area (Å²) in [5.41, 5.74) is 0. The van der Waals surface area contributed by atoms with E-state index in [2.05, 4.69) is 12.6 Å². The second-order valence-electron chi connectivity index (χ2n) is 4.45. The topological polar surface area (TPSA) is 46.6 Å². The SMILES string of the molecule is CCCOc1ccc(S(=O)(=O)N(C)CC(C)S)cc1. The Morgan fingerprint density at radius 2 is 1.89 bits per heavy atom. The number of benzene rings is 1. The fraction of sp³-hybridized carbons (Fsp3) is 0.538. The molecule has 0 aliphatic rings. The summed E-state index contributed by atoms with van der Waals surface area (Å²) in [6, 6.07) is 6.50. The predicted octanol–water partition coefficient (Wildman–Crippen LogP) is 2.41. The highest BCUT2D eigenvalue weighted by Crippen LogP contribution is 2.19. The van der Waals surface area contributed by atoms with Crippen molar-refractivity contribution in [2.24, 2.45) is 0 Å². The lowest BCUT2D eigenvalue weighted by atomic mass is 10.3. The van der Waals surface area contributed by atoms with Crippen LogP contribution in [-0.2, 0) is 10.0 Å². The maximum absolute atomic E-state index is 12.2. The van der Waals surface area contributed by atoms with E-state index in [1.165, 1.54) is 4.31 Å². The first kappa shape index (κ1) is 16.3. The highest BCUT2D eigenvalue weighted by atomic mass is 32.2. The number of nitrogens with zero attached hydrogens (tertiary/aromatic N) is 1. The zero-order chi connectivity index (χ0) is 14.5. The van der Waals surface area contributed by atoms with Crippen LogP contribution in [0.15, 0.2) is 29.2 Å². The molecule has 108 valence electrons. The van der Waals surface area contributed by atoms with Crippen molar-refractivity contribution < 1.29 is 13.2 Å². The van der Waals surface area contributed by atoms with Gasteiger partial charge in [0.05, 0.1) is 11.5 Å². The van der Waals surface area contributed by atoms with Crippen molar-refractivity contribution in [2.45, 2.75) is 30.4 Å². The molecular formula is C13H21NO3S2. The van der Waals surface area contributed by atoms with Gasteiger partial charge in [-0.1, -0.05) is 13.8 Å². The van der Waals surface area contributed by atoms with Crippen molar-refractivity contribution in [2.75, 3.05) is 20.2 Å². The van der Waals surface area contributed by atoms with Crippen LogP contribution in [0.2, 0.25) is 0 Å². The van der Waals surface area contributed by atoms with Crippen molar-refractivity contribution in [1.82, 2.24) is 4.31 Å². The minimum Gasteiger partial charge on any atom is -0.494 e. The molecule has 1 aromatic carbocycles. The molecule has 0 saturated heterocycles. The number of hydrogen-bond donors (Lipinski definition) is 1. The number of hydrogen-bond acceptors (Lipinski definition) is 4. The van der Waals surface area contributed by atoms with Gasteiger partial charge < -0.3 is 4.74 Å². The van der Waals surface area contributed by atoms with E-state index in [1.807, 2.05) is 13.8 Å². The summed E-state index contributed by atoms with van der Waals surface area (Å²) in [6.07, 6.45) is 0.919. The molecule has 0 fully saturated rings. The number of thiol groups is 1. The molecule has 19 heavy (non-hydrogen) atoms. The summed E-state index contributed by atoms with van der Waals surface area (Å²) in [6.45, 7) is 4.88. The Morgan fingerprint density at radius 1 is 1.32 bits per heavy atom. The lowest BCUT2D eigenvalue weighted by Crippen LogP contribution is -2.31. The summed E-state index contributed by atoms with van der Waals surface area (Å²) in [7, 11) is -1.88. The van der Waals surface area contributed by atoms with Gasteiger partial charge in [0.2, 0.25) is 10.0 Å². The van der Waals surface area contributed by atoms with Crippen LogP contribution in [0.25, 0.3) is 0 Å². The van der Waals surface area contributed by atoms with Crippen LogP contribution in [0.4, 0.5) is 0 Å². The van der Waals surface area contributed by atoms with E-state index in [0.717, 1.165) is 6.42 Å². The molecule has 0 aromatic heterocycles. The highest BCUT2D eigenvalue weighted by Gasteiger charge is 2.21. The summed E-state index contributed by atoms with van der Waals surface area (Å²) in [4.78, 5) is 0.271. The van der Waals surface area contributed by atoms with Crippen molar-refractivity contribution in [3.63, 3.8) is 0 Å². The van der Waals surface area contributed by atoms with Crippen molar-refractivity contribution >= 4 is 22.7 Å². The molecule has 0 aliphatic heterocycles. The third-order valence-electron chi connectivity index (χ3n) is 2.53. The van der Waals surface area contributed by atoms with Gasteiger partial charge in [-0.25, -0.2) is 8.42 Å². The van der Waals surface area contributed by atoms with E-state index >= 15 is 0 Å². The van der Waals surface area contributed by atoms with Crippen molar-refractivity contribution in [1.29, 1.82) is 0 Å². The molecule has 0 bridgehead atoms. The Hall–Kier alpha value is -0.720. The summed E-state index contributed by atoms with van der Waals surface area (Å²) in [5, 5.41) is -0.00747. The van der Waals surface area contributed by atoms with Crippen LogP contribution in [0, 0.1) is 0 Å². The molecule has 0 saturated carbocycles. The predicted molar refractivity (Wildman–Crippen MR) is 80.5 cm³/mol. The van der Waals surface area contributed by atoms with E-state index in [1.54, 1.807) is 31.3 Å². The zero-order valence-electron chi connectivity index (χ0n) is 11.5. The molecule has 0 N–H and O–H groups in total. The number of ether oxygens (including phenoxy) is 1. The van der Waals surface area contributed by atoms with E-state index in [9.17, 15) is 8.42 Å². The molecule has 0 spiro atoms. The normalized spacial score (nSPS) is 13.5. The lowest BCUT2D eigenvalue weighted by molar-refractivity contribution is 0.317. The Kier molecular flexibility index (Phi) is 6.16. The first-order valence-corrected chi connectivity index (χ1v) is 8.21. The van der Waals surface area contributed by atoms with Gasteiger partial charge in [-0.15, -0.1) is 0 Å². The van der Waals surface area contributed by atoms with E-state index in [-0.39, 0.29) is 10.1 Å². The van der Waals surface area contributed by atoms with Gasteiger partial charge in [0.15, 0.2) is 0 Å². The second-order valence-corrected chi connectivity index (χ2v) is 7.38. The Morgan fingerprint density at radius 3 is 2.37 bits per heavy atom. The molecular weight excluding hydrogens is 282 g/mol. The van der Waals surface area contributed by atoms with Gasteiger partial charge in [-0.2, -0.15) is 16.9 Å². The minimum atomic E-state index is -3.44. The maximum Gasteiger partial charge on any atom is 0.242 e. The van der Waals surface area contributed by atoms with Crippen LogP contribution < -0.4 is 4.74 Å². The second kappa shape index (κ2) is 7.17. The van der Waals surface area contributed by atoms with Crippen molar-refractivity contribution in [3.05, 3.63) is 24.3 Å². The summed E-state index contributed by atoms with van der Waals surface area (Å²) in [5.74, 6) is 0.686. The average Bonchev–Trinajstić information content (AvgIpc) is 2.36. The molecule has 1 rings (SSSR count). The third-order valence-corrected chi connectivity index (χ3v) is 4.53. The van der Waals surface area contributed by atoms with Crippen LogP contribution >= 0.6 is 12.6 Å². The Balaban J connectivity index is 2.84. The number of sulfonamides is 1. The number of rotatable bonds is 7. The minimum absolute atomic E-state index is 0.00747. The average molecular weight is 303 g/mol. The fourth-order valence-corrected chi connectivity index (χ4v) is 3.19. The lowest BCUT2D eigenvalue weighted by Gasteiger charge is -2.19. The molecule has 0 amide bonds. The molecule has 0 radical (unpaired) electrons. The molecule has 0 aliphatic carbocycles. The molecule has 1 aromatic rings. The van der Waals surface area contributed by atoms with Gasteiger partial charge in [0.25, 0.3) is 0 Å². The van der Waals surface area contributed by atoms with Crippen LogP contribution in [-0.4, -0.2) is 38.2 Å². The smallest absolute Gasteiger partial charge is 0.242 e.